The Kier molecular flexibility index (Phi) is 2.17. The van der Waals surface area contributed by atoms with Crippen LogP contribution in [0.3, 0.4) is 0 Å². The molecule has 0 aromatic carbocycles. The van der Waals surface area contributed by atoms with Gasteiger partial charge in [-0.15, -0.1) is 0 Å². The van der Waals surface area contributed by atoms with Crippen LogP contribution in [0, 0.1) is 0 Å². The van der Waals surface area contributed by atoms with E-state index in [-0.39, 0.29) is 6.61 Å². The third-order valence-corrected chi connectivity index (χ3v) is 1.81. The minimum atomic E-state index is -1.77. The minimum absolute atomic E-state index is 0.175. The molecule has 1 aliphatic heterocycles. The van der Waals surface area contributed by atoms with Crippen molar-refractivity contribution < 1.29 is 25.2 Å². The molecule has 0 radical (unpaired) electrons. The van der Waals surface area contributed by atoms with Crippen LogP contribution in [0.1, 0.15) is 6.92 Å². The number of hydrogen-bond donors (Lipinski definition) is 4. The van der Waals surface area contributed by atoms with E-state index in [1.54, 1.807) is 0 Å². The van der Waals surface area contributed by atoms with Crippen molar-refractivity contribution >= 4 is 0 Å². The lowest BCUT2D eigenvalue weighted by molar-refractivity contribution is -0.312. The molecular formula is C6H12O5. The predicted octanol–water partition coefficient (Wildman–Crippen LogP) is -2.19. The lowest BCUT2D eigenvalue weighted by Crippen LogP contribution is -2.59. The molecule has 0 aromatic rings. The zero-order chi connectivity index (χ0) is 8.65. The maximum atomic E-state index is 9.19. The smallest absolute Gasteiger partial charge is 0.191 e. The Balaban J connectivity index is 2.67. The van der Waals surface area contributed by atoms with Crippen LogP contribution in [0.2, 0.25) is 0 Å². The van der Waals surface area contributed by atoms with Crippen LogP contribution in [-0.2, 0) is 4.74 Å². The molecular weight excluding hydrogens is 152 g/mol. The predicted molar refractivity (Wildman–Crippen MR) is 34.6 cm³/mol. The first-order valence-corrected chi connectivity index (χ1v) is 3.35. The molecule has 0 spiro atoms. The van der Waals surface area contributed by atoms with E-state index in [1.807, 2.05) is 0 Å². The second-order valence-electron chi connectivity index (χ2n) is 2.87. The van der Waals surface area contributed by atoms with Crippen molar-refractivity contribution in [3.63, 3.8) is 0 Å². The van der Waals surface area contributed by atoms with Crippen LogP contribution in [0.25, 0.3) is 0 Å². The summed E-state index contributed by atoms with van der Waals surface area (Å²) >= 11 is 0. The molecule has 5 heteroatoms. The van der Waals surface area contributed by atoms with E-state index in [0.29, 0.717) is 0 Å². The third-order valence-electron chi connectivity index (χ3n) is 1.81. The van der Waals surface area contributed by atoms with Crippen molar-refractivity contribution in [3.8, 4) is 0 Å². The Hall–Kier alpha value is -0.200. The van der Waals surface area contributed by atoms with Gasteiger partial charge >= 0.3 is 0 Å². The average molecular weight is 164 g/mol. The normalized spacial score (nSPS) is 52.6. The van der Waals surface area contributed by atoms with Crippen LogP contribution >= 0.6 is 0 Å². The molecule has 1 saturated heterocycles. The number of ether oxygens (including phenoxy) is 1. The zero-order valence-corrected chi connectivity index (χ0v) is 6.14. The molecule has 66 valence electrons. The lowest BCUT2D eigenvalue weighted by atomic mass is 9.98. The molecule has 0 aliphatic carbocycles. The summed E-state index contributed by atoms with van der Waals surface area (Å²) in [6.07, 6.45) is -3.95. The van der Waals surface area contributed by atoms with E-state index < -0.39 is 24.1 Å². The fourth-order valence-corrected chi connectivity index (χ4v) is 0.965. The van der Waals surface area contributed by atoms with E-state index in [4.69, 9.17) is 15.3 Å². The first-order chi connectivity index (χ1) is 4.95. The molecule has 4 N–H and O–H groups in total. The van der Waals surface area contributed by atoms with Crippen molar-refractivity contribution in [1.82, 2.24) is 0 Å². The van der Waals surface area contributed by atoms with Gasteiger partial charge in [0.15, 0.2) is 5.79 Å². The molecule has 4 atom stereocenters. The first kappa shape index (κ1) is 8.89. The van der Waals surface area contributed by atoms with Gasteiger partial charge in [-0.25, -0.2) is 0 Å². The highest BCUT2D eigenvalue weighted by Crippen LogP contribution is 2.22. The maximum Gasteiger partial charge on any atom is 0.191 e. The van der Waals surface area contributed by atoms with E-state index in [1.165, 1.54) is 6.92 Å². The van der Waals surface area contributed by atoms with Crippen molar-refractivity contribution in [1.29, 1.82) is 0 Å². The van der Waals surface area contributed by atoms with Crippen molar-refractivity contribution in [3.05, 3.63) is 0 Å². The van der Waals surface area contributed by atoms with Gasteiger partial charge in [-0.2, -0.15) is 0 Å². The summed E-state index contributed by atoms with van der Waals surface area (Å²) in [5, 5.41) is 36.3. The Morgan fingerprint density at radius 1 is 1.36 bits per heavy atom. The zero-order valence-electron chi connectivity index (χ0n) is 6.14. The van der Waals surface area contributed by atoms with Gasteiger partial charge in [0.05, 0.1) is 6.61 Å². The maximum absolute atomic E-state index is 9.19. The molecule has 1 aliphatic rings. The summed E-state index contributed by atoms with van der Waals surface area (Å²) in [5.41, 5.74) is 0. The number of aliphatic hydroxyl groups excluding tert-OH is 3. The van der Waals surface area contributed by atoms with Crippen molar-refractivity contribution in [2.75, 3.05) is 6.61 Å². The molecule has 11 heavy (non-hydrogen) atoms. The molecule has 0 bridgehead atoms. The topological polar surface area (TPSA) is 90.2 Å². The van der Waals surface area contributed by atoms with Gasteiger partial charge in [-0.05, 0) is 6.92 Å². The van der Waals surface area contributed by atoms with Crippen molar-refractivity contribution in [2.45, 2.75) is 31.0 Å². The first-order valence-electron chi connectivity index (χ1n) is 3.35. The van der Waals surface area contributed by atoms with Gasteiger partial charge < -0.3 is 25.2 Å². The summed E-state index contributed by atoms with van der Waals surface area (Å²) in [7, 11) is 0. The molecule has 1 rings (SSSR count). The van der Waals surface area contributed by atoms with Gasteiger partial charge in [0.2, 0.25) is 0 Å². The van der Waals surface area contributed by atoms with E-state index >= 15 is 0 Å². The van der Waals surface area contributed by atoms with E-state index in [9.17, 15) is 5.11 Å². The molecule has 1 heterocycles. The van der Waals surface area contributed by atoms with Gasteiger partial charge in [-0.1, -0.05) is 0 Å². The monoisotopic (exact) mass is 164 g/mol. The van der Waals surface area contributed by atoms with Crippen LogP contribution < -0.4 is 0 Å². The Labute approximate surface area is 63.8 Å². The van der Waals surface area contributed by atoms with Crippen LogP contribution in [0.15, 0.2) is 0 Å². The Bertz CT molecular complexity index is 146. The van der Waals surface area contributed by atoms with Crippen LogP contribution in [0.5, 0.6) is 0 Å². The fourth-order valence-electron chi connectivity index (χ4n) is 0.965. The summed E-state index contributed by atoms with van der Waals surface area (Å²) in [6, 6.07) is 0. The highest BCUT2D eigenvalue weighted by Gasteiger charge is 2.44. The third kappa shape index (κ3) is 1.52. The van der Waals surface area contributed by atoms with Crippen molar-refractivity contribution in [2.24, 2.45) is 0 Å². The lowest BCUT2D eigenvalue weighted by Gasteiger charge is -2.39. The van der Waals surface area contributed by atoms with E-state index in [2.05, 4.69) is 4.74 Å². The summed E-state index contributed by atoms with van der Waals surface area (Å²) in [5.74, 6) is -1.77. The largest absolute Gasteiger partial charge is 0.388 e. The SMILES string of the molecule is C[C@]1(O)OC[C@H](O)[C@H](O)[C@@H]1O. The molecule has 5 nitrogen and oxygen atoms in total. The van der Waals surface area contributed by atoms with Gasteiger partial charge in [0.1, 0.15) is 18.3 Å². The summed E-state index contributed by atoms with van der Waals surface area (Å²) in [6.45, 7) is 1.05. The number of hydrogen-bond acceptors (Lipinski definition) is 5. The molecule has 0 unspecified atom stereocenters. The Morgan fingerprint density at radius 3 is 2.36 bits per heavy atom. The molecule has 0 saturated carbocycles. The second-order valence-corrected chi connectivity index (χ2v) is 2.87. The highest BCUT2D eigenvalue weighted by molar-refractivity contribution is 4.88. The standard InChI is InChI=1S/C6H12O5/c1-6(10)5(9)4(8)3(7)2-11-6/h3-5,7-10H,2H2,1H3/t3-,4-,5-,6-/m0/s1. The fraction of sp³-hybridized carbons (Fsp3) is 1.00. The van der Waals surface area contributed by atoms with Crippen LogP contribution in [-0.4, -0.2) is 51.1 Å². The van der Waals surface area contributed by atoms with E-state index in [0.717, 1.165) is 0 Å². The molecule has 0 aromatic heterocycles. The summed E-state index contributed by atoms with van der Waals surface area (Å²) < 4.78 is 4.66. The van der Waals surface area contributed by atoms with Gasteiger partial charge in [0, 0.05) is 0 Å². The highest BCUT2D eigenvalue weighted by atomic mass is 16.6. The Morgan fingerprint density at radius 2 is 1.91 bits per heavy atom. The minimum Gasteiger partial charge on any atom is -0.388 e. The molecule has 0 amide bonds. The second kappa shape index (κ2) is 2.69. The average Bonchev–Trinajstić information content (AvgIpc) is 1.95. The van der Waals surface area contributed by atoms with Gasteiger partial charge in [-0.3, -0.25) is 0 Å². The van der Waals surface area contributed by atoms with Crippen LogP contribution in [0.4, 0.5) is 0 Å². The quantitative estimate of drug-likeness (QED) is 0.326. The number of rotatable bonds is 0. The molecule has 1 fully saturated rings. The van der Waals surface area contributed by atoms with Gasteiger partial charge in [0.25, 0.3) is 0 Å². The number of aliphatic hydroxyl groups is 4. The summed E-state index contributed by atoms with van der Waals surface area (Å²) in [4.78, 5) is 0.